The first-order valence-electron chi connectivity index (χ1n) is 4.95. The van der Waals surface area contributed by atoms with Crippen molar-refractivity contribution in [1.29, 1.82) is 0 Å². The van der Waals surface area contributed by atoms with Gasteiger partial charge in [-0.3, -0.25) is 4.79 Å². The number of rotatable bonds is 5. The molecule has 0 aliphatic rings. The molecule has 10 heteroatoms. The van der Waals surface area contributed by atoms with Crippen molar-refractivity contribution in [3.05, 3.63) is 0 Å². The molecule has 0 saturated carbocycles. The zero-order valence-corrected chi connectivity index (χ0v) is 14.8. The van der Waals surface area contributed by atoms with Crippen LogP contribution >= 0.6 is 0 Å². The van der Waals surface area contributed by atoms with Crippen molar-refractivity contribution in [3.8, 4) is 0 Å². The molecule has 0 rings (SSSR count). The Bertz CT molecular complexity index is 196. The molecule has 8 nitrogen and oxygen atoms in total. The maximum absolute atomic E-state index is 10.1. The van der Waals surface area contributed by atoms with Gasteiger partial charge in [0, 0.05) is 6.54 Å². The molecule has 0 radical (unpaired) electrons. The summed E-state index contributed by atoms with van der Waals surface area (Å²) in [6.07, 6.45) is 0.339. The Morgan fingerprint density at radius 2 is 1.61 bits per heavy atom. The van der Waals surface area contributed by atoms with Crippen LogP contribution in [0.15, 0.2) is 0 Å². The van der Waals surface area contributed by atoms with E-state index in [0.29, 0.717) is 16.8 Å². The van der Waals surface area contributed by atoms with Gasteiger partial charge in [0.25, 0.3) is 0 Å². The van der Waals surface area contributed by atoms with E-state index in [4.69, 9.17) is 31.0 Å². The Hall–Kier alpha value is 0.780. The van der Waals surface area contributed by atoms with Gasteiger partial charge in [0.15, 0.2) is 0 Å². The van der Waals surface area contributed by atoms with Crippen molar-refractivity contribution in [2.24, 2.45) is 17.4 Å². The number of carbonyl (C=O) groups is 2. The second kappa shape index (κ2) is 22.9. The first-order valence-corrected chi connectivity index (χ1v) is 6.36. The van der Waals surface area contributed by atoms with Gasteiger partial charge in [0.05, 0.1) is 18.5 Å². The van der Waals surface area contributed by atoms with Gasteiger partial charge in [-0.2, -0.15) is 0 Å². The minimum atomic E-state index is -1.22. The van der Waals surface area contributed by atoms with Crippen LogP contribution in [0.2, 0.25) is 0 Å². The summed E-state index contributed by atoms with van der Waals surface area (Å²) in [6, 6.07) is 0. The van der Waals surface area contributed by atoms with Crippen molar-refractivity contribution >= 4 is 39.9 Å². The number of hydrogen-bond donors (Lipinski definition) is 5. The molecule has 0 heterocycles. The van der Waals surface area contributed by atoms with Crippen LogP contribution in [0.1, 0.15) is 6.42 Å². The van der Waals surface area contributed by atoms with Crippen molar-refractivity contribution in [3.63, 3.8) is 0 Å². The molecule has 0 aliphatic heterocycles. The topological polar surface area (TPSA) is 170 Å². The number of nitrogens with two attached hydrogens (primary N) is 2. The monoisotopic (exact) mass is 284 g/mol. The average Bonchev–Trinajstić information content (AvgIpc) is 2.27. The summed E-state index contributed by atoms with van der Waals surface area (Å²) in [5.74, 6) is -2.89. The third-order valence-electron chi connectivity index (χ3n) is 1.25. The Morgan fingerprint density at radius 3 is 1.67 bits per heavy atom. The molecule has 1 atom stereocenters. The molecule has 1 unspecified atom stereocenters. The fourth-order valence-corrected chi connectivity index (χ4v) is 0.494. The van der Waals surface area contributed by atoms with Crippen molar-refractivity contribution in [1.82, 2.24) is 0 Å². The van der Waals surface area contributed by atoms with Crippen molar-refractivity contribution < 1.29 is 59.6 Å². The quantitative estimate of drug-likeness (QED) is 0.310. The van der Waals surface area contributed by atoms with Crippen LogP contribution in [0.3, 0.4) is 0 Å². The van der Waals surface area contributed by atoms with Gasteiger partial charge in [0.2, 0.25) is 0 Å². The van der Waals surface area contributed by atoms with E-state index in [1.807, 2.05) is 0 Å². The molecule has 0 spiro atoms. The second-order valence-electron chi connectivity index (χ2n) is 2.69. The Kier molecular flexibility index (Phi) is 34.6. The number of aliphatic carboxylic acids is 2. The molecule has 0 aromatic carbocycles. The van der Waals surface area contributed by atoms with Crippen LogP contribution in [0.4, 0.5) is 0 Å². The van der Waals surface area contributed by atoms with Crippen LogP contribution in [-0.2, 0) is 9.59 Å². The fraction of sp³-hybridized carbons (Fsp3) is 0.750. The van der Waals surface area contributed by atoms with Gasteiger partial charge in [-0.15, -0.1) is 0 Å². The van der Waals surface area contributed by atoms with Crippen LogP contribution in [0, 0.1) is 5.92 Å². The van der Waals surface area contributed by atoms with E-state index in [9.17, 15) is 4.79 Å². The van der Waals surface area contributed by atoms with E-state index in [0.717, 1.165) is 27.9 Å². The first kappa shape index (κ1) is 27.2. The summed E-state index contributed by atoms with van der Waals surface area (Å²) in [7, 11) is 0. The Labute approximate surface area is 145 Å². The standard InChI is InChI=1S/C5H11NO3.C2H5NO2.CH3O.2Na/c6-2-1-4(3-7)5(8)9;3-1-2(4)5;1-2;;/h4,7H,1-3,6H2,(H,8,9);1,3H2,(H,4,5);2H,1H2;;/q;;;;+1/p-1. The average molecular weight is 284 g/mol. The third kappa shape index (κ3) is 30.1. The predicted octanol–water partition coefficient (Wildman–Crippen LogP) is -7.17. The first-order chi connectivity index (χ1) is 7.90. The van der Waals surface area contributed by atoms with E-state index < -0.39 is 17.9 Å². The molecule has 18 heavy (non-hydrogen) atoms. The smallest absolute Gasteiger partial charge is 1.00 e. The van der Waals surface area contributed by atoms with Gasteiger partial charge >= 0.3 is 72.4 Å². The number of carbonyl (C=O) groups excluding carboxylic acids is 1. The van der Waals surface area contributed by atoms with Crippen LogP contribution in [0.5, 0.6) is 0 Å². The molecule has 7 N–H and O–H groups in total. The summed E-state index contributed by atoms with van der Waals surface area (Å²) in [6.45, 7) is -0.413. The minimum Gasteiger partial charge on any atom is 1.00 e. The number of carboxylic acids is 2. The largest absolute Gasteiger partial charge is 1.00 e. The molecular weight excluding hydrogens is 266 g/mol. The van der Waals surface area contributed by atoms with Gasteiger partial charge in [-0.25, -0.2) is 0 Å². The van der Waals surface area contributed by atoms with Gasteiger partial charge in [-0.05, 0) is 13.0 Å². The van der Waals surface area contributed by atoms with E-state index in [-0.39, 0.29) is 42.7 Å². The van der Waals surface area contributed by atoms with E-state index in [1.54, 1.807) is 0 Å². The van der Waals surface area contributed by atoms with Crippen LogP contribution < -0.4 is 46.1 Å². The van der Waals surface area contributed by atoms with Crippen molar-refractivity contribution in [2.45, 2.75) is 6.42 Å². The SMILES string of the molecule is NCC(=O)[O-].NCCC(CO)C(=O)O.O[CH2][Na].[Na+]. The maximum Gasteiger partial charge on any atom is 1.00 e. The zero-order chi connectivity index (χ0) is 14.3. The normalized spacial score (nSPS) is 9.67. The summed E-state index contributed by atoms with van der Waals surface area (Å²) in [5, 5.41) is 33.4. The molecular formula is C8H18N2Na2O6. The predicted molar refractivity (Wildman–Crippen MR) is 58.8 cm³/mol. The molecule has 0 bridgehead atoms. The molecule has 0 aromatic rings. The van der Waals surface area contributed by atoms with Crippen molar-refractivity contribution in [2.75, 3.05) is 23.6 Å². The Morgan fingerprint density at radius 1 is 1.28 bits per heavy atom. The molecule has 0 aliphatic carbocycles. The molecule has 0 aromatic heterocycles. The van der Waals surface area contributed by atoms with Gasteiger partial charge in [0.1, 0.15) is 0 Å². The number of carboxylic acid groups (broad SMARTS) is 2. The van der Waals surface area contributed by atoms with Crippen LogP contribution in [-0.4, -0.2) is 78.7 Å². The zero-order valence-electron chi connectivity index (χ0n) is 10.8. The Balaban J connectivity index is -0.0000000931. The molecule has 0 fully saturated rings. The summed E-state index contributed by atoms with van der Waals surface area (Å²) in [5.41, 5.74) is 9.58. The summed E-state index contributed by atoms with van der Waals surface area (Å²) in [4.78, 5) is 19.2. The fourth-order valence-electron chi connectivity index (χ4n) is 0.494. The van der Waals surface area contributed by atoms with E-state index >= 15 is 0 Å². The summed E-state index contributed by atoms with van der Waals surface area (Å²) >= 11 is 0.924. The third-order valence-corrected chi connectivity index (χ3v) is 1.25. The van der Waals surface area contributed by atoms with E-state index in [1.165, 1.54) is 0 Å². The molecule has 0 amide bonds. The molecule has 98 valence electrons. The molecule has 0 saturated heterocycles. The number of aliphatic hydroxyl groups excluding tert-OH is 2. The van der Waals surface area contributed by atoms with E-state index in [2.05, 4.69) is 5.73 Å². The number of hydrogen-bond acceptors (Lipinski definition) is 7. The van der Waals surface area contributed by atoms with Crippen LogP contribution in [0.25, 0.3) is 0 Å². The second-order valence-corrected chi connectivity index (χ2v) is 3.32. The minimum absolute atomic E-state index is 0. The number of aliphatic hydroxyl groups is 2. The van der Waals surface area contributed by atoms with Gasteiger partial charge in [-0.1, -0.05) is 0 Å². The van der Waals surface area contributed by atoms with Gasteiger partial charge < -0.3 is 31.6 Å². The summed E-state index contributed by atoms with van der Waals surface area (Å²) < 4.78 is 0.389. The maximum atomic E-state index is 10.1.